The lowest BCUT2D eigenvalue weighted by Gasteiger charge is -2.23. The van der Waals surface area contributed by atoms with Crippen molar-refractivity contribution in [1.29, 1.82) is 0 Å². The minimum Gasteiger partial charge on any atom is -0.497 e. The first kappa shape index (κ1) is 23.9. The second-order valence-electron chi connectivity index (χ2n) is 7.69. The normalized spacial score (nSPS) is 11.2. The van der Waals surface area contributed by atoms with Gasteiger partial charge < -0.3 is 24.3 Å². The number of hydrogen-bond donors (Lipinski definition) is 1. The number of rotatable bonds is 9. The molecule has 1 N–H and O–H groups in total. The molecule has 0 radical (unpaired) electrons. The van der Waals surface area contributed by atoms with Crippen molar-refractivity contribution in [3.05, 3.63) is 93.9 Å². The number of hydrogen-bond acceptors (Lipinski definition) is 4. The molecule has 2 aromatic carbocycles. The second-order valence-corrected chi connectivity index (χ2v) is 7.69. The van der Waals surface area contributed by atoms with Gasteiger partial charge in [-0.2, -0.15) is 0 Å². The van der Waals surface area contributed by atoms with E-state index in [4.69, 9.17) is 14.5 Å². The Morgan fingerprint density at radius 3 is 2.45 bits per heavy atom. The summed E-state index contributed by atoms with van der Waals surface area (Å²) in [6.07, 6.45) is 1.80. The Morgan fingerprint density at radius 2 is 1.79 bits per heavy atom. The number of ether oxygens (including phenoxy) is 2. The highest BCUT2D eigenvalue weighted by molar-refractivity contribution is 5.79. The maximum atomic E-state index is 11.9. The number of aliphatic imine (C=N–C) groups is 1. The van der Waals surface area contributed by atoms with E-state index in [1.165, 1.54) is 0 Å². The van der Waals surface area contributed by atoms with Gasteiger partial charge in [-0.25, -0.2) is 4.99 Å². The van der Waals surface area contributed by atoms with Crippen LogP contribution in [0.5, 0.6) is 11.5 Å². The molecule has 0 spiro atoms. The molecule has 7 heteroatoms. The molecule has 33 heavy (non-hydrogen) atoms. The van der Waals surface area contributed by atoms with E-state index in [0.717, 1.165) is 40.7 Å². The summed E-state index contributed by atoms with van der Waals surface area (Å²) in [4.78, 5) is 18.8. The zero-order valence-electron chi connectivity index (χ0n) is 19.7. The van der Waals surface area contributed by atoms with Gasteiger partial charge in [-0.3, -0.25) is 4.79 Å². The number of nitrogens with zero attached hydrogens (tertiary/aromatic N) is 3. The van der Waals surface area contributed by atoms with Gasteiger partial charge in [0.25, 0.3) is 5.56 Å². The third-order valence-corrected chi connectivity index (χ3v) is 5.28. The highest BCUT2D eigenvalue weighted by atomic mass is 16.5. The summed E-state index contributed by atoms with van der Waals surface area (Å²) in [5.74, 6) is 2.36. The first-order chi connectivity index (χ1) is 16.0. The quantitative estimate of drug-likeness (QED) is 0.401. The molecule has 0 bridgehead atoms. The third kappa shape index (κ3) is 6.62. The Morgan fingerprint density at radius 1 is 1.03 bits per heavy atom. The molecule has 0 saturated carbocycles. The average molecular weight is 449 g/mol. The summed E-state index contributed by atoms with van der Waals surface area (Å²) in [6.45, 7) is 4.57. The van der Waals surface area contributed by atoms with Crippen LogP contribution in [0, 0.1) is 0 Å². The Labute approximate surface area is 195 Å². The van der Waals surface area contributed by atoms with E-state index in [2.05, 4.69) is 29.3 Å². The molecular weight excluding hydrogens is 416 g/mol. The third-order valence-electron chi connectivity index (χ3n) is 5.28. The van der Waals surface area contributed by atoms with Crippen molar-refractivity contribution in [2.45, 2.75) is 26.6 Å². The van der Waals surface area contributed by atoms with Crippen LogP contribution in [-0.4, -0.2) is 43.2 Å². The van der Waals surface area contributed by atoms with E-state index < -0.39 is 0 Å². The second kappa shape index (κ2) is 11.8. The van der Waals surface area contributed by atoms with Crippen molar-refractivity contribution in [2.24, 2.45) is 4.99 Å². The number of benzene rings is 2. The molecule has 0 aliphatic rings. The molecule has 174 valence electrons. The smallest absolute Gasteiger partial charge is 0.250 e. The minimum atomic E-state index is -0.00186. The van der Waals surface area contributed by atoms with Gasteiger partial charge in [0, 0.05) is 44.0 Å². The molecule has 0 fully saturated rings. The van der Waals surface area contributed by atoms with Crippen molar-refractivity contribution in [3.63, 3.8) is 0 Å². The first-order valence-electron chi connectivity index (χ1n) is 11.0. The molecule has 3 rings (SSSR count). The van der Waals surface area contributed by atoms with Gasteiger partial charge in [-0.15, -0.1) is 0 Å². The van der Waals surface area contributed by atoms with Crippen molar-refractivity contribution >= 4 is 5.96 Å². The standard InChI is InChI=1S/C26H32N4O3/c1-5-27-26(29(2)19-22-13-14-23(32-3)16-24(22)33-4)28-17-20-9-11-21(12-10-20)18-30-15-7-6-8-25(30)31/h6-16H,5,17-19H2,1-4H3,(H,27,28). The van der Waals surface area contributed by atoms with Crippen LogP contribution in [0.1, 0.15) is 23.6 Å². The van der Waals surface area contributed by atoms with Crippen LogP contribution in [0.25, 0.3) is 0 Å². The van der Waals surface area contributed by atoms with E-state index in [0.29, 0.717) is 19.6 Å². The summed E-state index contributed by atoms with van der Waals surface area (Å²) in [6, 6.07) is 19.2. The Hall–Kier alpha value is -3.74. The molecule has 0 atom stereocenters. The molecule has 3 aromatic rings. The topological polar surface area (TPSA) is 68.1 Å². The highest BCUT2D eigenvalue weighted by Gasteiger charge is 2.11. The Balaban J connectivity index is 1.68. The van der Waals surface area contributed by atoms with Gasteiger partial charge in [0.05, 0.1) is 27.3 Å². The van der Waals surface area contributed by atoms with Crippen molar-refractivity contribution in [2.75, 3.05) is 27.8 Å². The fourth-order valence-corrected chi connectivity index (χ4v) is 3.49. The molecule has 0 aliphatic carbocycles. The van der Waals surface area contributed by atoms with Crippen LogP contribution >= 0.6 is 0 Å². The predicted molar refractivity (Wildman–Crippen MR) is 132 cm³/mol. The van der Waals surface area contributed by atoms with E-state index in [9.17, 15) is 4.79 Å². The lowest BCUT2D eigenvalue weighted by Crippen LogP contribution is -2.38. The molecular formula is C26H32N4O3. The Kier molecular flexibility index (Phi) is 8.52. The van der Waals surface area contributed by atoms with Crippen LogP contribution in [0.4, 0.5) is 0 Å². The molecule has 7 nitrogen and oxygen atoms in total. The summed E-state index contributed by atoms with van der Waals surface area (Å²) >= 11 is 0. The van der Waals surface area contributed by atoms with Crippen LogP contribution in [0.3, 0.4) is 0 Å². The fraction of sp³-hybridized carbons (Fsp3) is 0.308. The van der Waals surface area contributed by atoms with Crippen molar-refractivity contribution < 1.29 is 9.47 Å². The number of guanidine groups is 1. The summed E-state index contributed by atoms with van der Waals surface area (Å²) in [5.41, 5.74) is 3.22. The summed E-state index contributed by atoms with van der Waals surface area (Å²) < 4.78 is 12.5. The van der Waals surface area contributed by atoms with Crippen LogP contribution in [-0.2, 0) is 19.6 Å². The molecule has 0 unspecified atom stereocenters. The van der Waals surface area contributed by atoms with Gasteiger partial charge in [0.15, 0.2) is 5.96 Å². The number of pyridine rings is 1. The largest absolute Gasteiger partial charge is 0.497 e. The highest BCUT2D eigenvalue weighted by Crippen LogP contribution is 2.25. The summed E-state index contributed by atoms with van der Waals surface area (Å²) in [5, 5.41) is 3.36. The molecule has 0 aliphatic heterocycles. The zero-order chi connectivity index (χ0) is 23.6. The van der Waals surface area contributed by atoms with Gasteiger partial charge >= 0.3 is 0 Å². The molecule has 1 aromatic heterocycles. The zero-order valence-corrected chi connectivity index (χ0v) is 19.7. The monoisotopic (exact) mass is 448 g/mol. The molecule has 1 heterocycles. The van der Waals surface area contributed by atoms with Crippen LogP contribution in [0.15, 0.2) is 76.6 Å². The molecule has 0 saturated heterocycles. The Bertz CT molecular complexity index is 1120. The fourth-order valence-electron chi connectivity index (χ4n) is 3.49. The molecule has 0 amide bonds. The van der Waals surface area contributed by atoms with E-state index in [-0.39, 0.29) is 5.56 Å². The number of methoxy groups -OCH3 is 2. The lowest BCUT2D eigenvalue weighted by molar-refractivity contribution is 0.382. The van der Waals surface area contributed by atoms with Crippen molar-refractivity contribution in [1.82, 2.24) is 14.8 Å². The van der Waals surface area contributed by atoms with E-state index in [1.54, 1.807) is 37.1 Å². The van der Waals surface area contributed by atoms with Crippen molar-refractivity contribution in [3.8, 4) is 11.5 Å². The maximum absolute atomic E-state index is 11.9. The number of nitrogens with one attached hydrogen (secondary N) is 1. The maximum Gasteiger partial charge on any atom is 0.250 e. The van der Waals surface area contributed by atoms with Gasteiger partial charge in [-0.1, -0.05) is 30.3 Å². The number of aromatic nitrogens is 1. The average Bonchev–Trinajstić information content (AvgIpc) is 2.84. The van der Waals surface area contributed by atoms with Gasteiger partial charge in [-0.05, 0) is 36.2 Å². The SMILES string of the molecule is CCNC(=NCc1ccc(Cn2ccccc2=O)cc1)N(C)Cc1ccc(OC)cc1OC. The van der Waals surface area contributed by atoms with Gasteiger partial charge in [0.1, 0.15) is 11.5 Å². The van der Waals surface area contributed by atoms with E-state index in [1.807, 2.05) is 43.4 Å². The predicted octanol–water partition coefficient (Wildman–Crippen LogP) is 3.51. The van der Waals surface area contributed by atoms with E-state index >= 15 is 0 Å². The van der Waals surface area contributed by atoms with Crippen LogP contribution < -0.4 is 20.3 Å². The first-order valence-corrected chi connectivity index (χ1v) is 11.0. The van der Waals surface area contributed by atoms with Crippen LogP contribution in [0.2, 0.25) is 0 Å². The lowest BCUT2D eigenvalue weighted by atomic mass is 10.1. The summed E-state index contributed by atoms with van der Waals surface area (Å²) in [7, 11) is 5.31. The van der Waals surface area contributed by atoms with Gasteiger partial charge in [0.2, 0.25) is 0 Å². The minimum absolute atomic E-state index is 0.00186.